The topological polar surface area (TPSA) is 59.8 Å². The average molecular weight is 445 g/mol. The van der Waals surface area contributed by atoms with Crippen molar-refractivity contribution in [2.75, 3.05) is 5.32 Å². The van der Waals surface area contributed by atoms with Crippen molar-refractivity contribution in [2.45, 2.75) is 58.8 Å². The molecule has 3 aliphatic rings. The van der Waals surface area contributed by atoms with Gasteiger partial charge >= 0.3 is 0 Å². The van der Waals surface area contributed by atoms with Crippen LogP contribution in [0.15, 0.2) is 47.7 Å². The largest absolute Gasteiger partial charge is 0.343 e. The zero-order valence-electron chi connectivity index (χ0n) is 18.8. The third-order valence-electron chi connectivity index (χ3n) is 7.16. The predicted molar refractivity (Wildman–Crippen MR) is 129 cm³/mol. The number of rotatable bonds is 2. The van der Waals surface area contributed by atoms with E-state index < -0.39 is 0 Å². The first kappa shape index (κ1) is 19.9. The van der Waals surface area contributed by atoms with Crippen molar-refractivity contribution in [3.63, 3.8) is 0 Å². The fourth-order valence-electron chi connectivity index (χ4n) is 5.81. The molecule has 2 aliphatic carbocycles. The summed E-state index contributed by atoms with van der Waals surface area (Å²) in [6.07, 6.45) is 9.28. The van der Waals surface area contributed by atoms with Gasteiger partial charge in [-0.1, -0.05) is 49.5 Å². The highest BCUT2D eigenvalue weighted by atomic mass is 32.1. The van der Waals surface area contributed by atoms with E-state index in [4.69, 9.17) is 10.1 Å². The Morgan fingerprint density at radius 1 is 1.19 bits per heavy atom. The van der Waals surface area contributed by atoms with Crippen molar-refractivity contribution in [3.05, 3.63) is 58.9 Å². The van der Waals surface area contributed by atoms with Gasteiger partial charge in [-0.05, 0) is 56.1 Å². The van der Waals surface area contributed by atoms with Crippen LogP contribution in [0.3, 0.4) is 0 Å². The van der Waals surface area contributed by atoms with Crippen molar-refractivity contribution in [1.29, 1.82) is 0 Å². The highest BCUT2D eigenvalue weighted by Crippen LogP contribution is 2.52. The Hall–Kier alpha value is -2.73. The Morgan fingerprint density at radius 3 is 2.81 bits per heavy atom. The number of aromatic nitrogens is 3. The van der Waals surface area contributed by atoms with Gasteiger partial charge in [0.05, 0.1) is 15.9 Å². The van der Waals surface area contributed by atoms with Crippen LogP contribution in [0.2, 0.25) is 0 Å². The second kappa shape index (κ2) is 7.14. The van der Waals surface area contributed by atoms with E-state index in [1.165, 1.54) is 5.56 Å². The summed E-state index contributed by atoms with van der Waals surface area (Å²) in [6.45, 7) is 6.47. The van der Waals surface area contributed by atoms with Crippen molar-refractivity contribution in [2.24, 2.45) is 11.3 Å². The molecule has 1 N–H and O–H groups in total. The van der Waals surface area contributed by atoms with Crippen molar-refractivity contribution in [1.82, 2.24) is 14.8 Å². The monoisotopic (exact) mass is 444 g/mol. The maximum Gasteiger partial charge on any atom is 0.213 e. The number of para-hydroxylation sites is 1. The molecule has 0 fully saturated rings. The third kappa shape index (κ3) is 3.07. The number of hydrogen-bond donors (Lipinski definition) is 1. The highest BCUT2D eigenvalue weighted by Gasteiger charge is 2.45. The summed E-state index contributed by atoms with van der Waals surface area (Å²) < 4.78 is 3.14. The Bertz CT molecular complexity index is 1280. The van der Waals surface area contributed by atoms with Crippen LogP contribution in [-0.4, -0.2) is 20.5 Å². The number of ketones is 1. The number of benzene rings is 1. The molecule has 6 rings (SSSR count). The van der Waals surface area contributed by atoms with Crippen LogP contribution < -0.4 is 5.32 Å². The van der Waals surface area contributed by atoms with Gasteiger partial charge in [0.1, 0.15) is 5.82 Å². The number of nitrogens with zero attached hydrogens (tertiary/aromatic N) is 3. The van der Waals surface area contributed by atoms with Crippen LogP contribution in [-0.2, 0) is 4.79 Å². The van der Waals surface area contributed by atoms with Gasteiger partial charge in [-0.25, -0.2) is 4.98 Å². The van der Waals surface area contributed by atoms with E-state index in [9.17, 15) is 4.79 Å². The summed E-state index contributed by atoms with van der Waals surface area (Å²) in [5.74, 6) is 1.85. The van der Waals surface area contributed by atoms with E-state index in [1.807, 2.05) is 22.9 Å². The lowest BCUT2D eigenvalue weighted by atomic mass is 9.66. The molecule has 164 valence electrons. The maximum atomic E-state index is 13.5. The van der Waals surface area contributed by atoms with Crippen LogP contribution in [0.1, 0.15) is 63.1 Å². The number of allylic oxidation sites excluding steroid dienone is 4. The highest BCUT2D eigenvalue weighted by molar-refractivity contribution is 7.20. The molecule has 6 heteroatoms. The minimum absolute atomic E-state index is 0.0345. The molecule has 0 saturated carbocycles. The van der Waals surface area contributed by atoms with Gasteiger partial charge in [0.25, 0.3) is 0 Å². The number of nitrogens with one attached hydrogen (secondary N) is 1. The van der Waals surface area contributed by atoms with Gasteiger partial charge in [-0.2, -0.15) is 9.78 Å². The fourth-order valence-corrected chi connectivity index (χ4v) is 6.73. The van der Waals surface area contributed by atoms with Gasteiger partial charge in [0, 0.05) is 29.2 Å². The molecular formula is C26H28N4OS. The first-order chi connectivity index (χ1) is 15.4. The summed E-state index contributed by atoms with van der Waals surface area (Å²) in [7, 11) is 0. The molecule has 3 aromatic rings. The van der Waals surface area contributed by atoms with Gasteiger partial charge in [0.15, 0.2) is 5.78 Å². The first-order valence-electron chi connectivity index (χ1n) is 11.5. The molecule has 0 radical (unpaired) electrons. The van der Waals surface area contributed by atoms with Crippen LogP contribution >= 0.6 is 11.3 Å². The number of thiazole rings is 1. The number of aryl methyl sites for hydroxylation is 1. The summed E-state index contributed by atoms with van der Waals surface area (Å²) >= 11 is 1.66. The predicted octanol–water partition coefficient (Wildman–Crippen LogP) is 6.30. The molecule has 5 nitrogen and oxygen atoms in total. The van der Waals surface area contributed by atoms with Crippen LogP contribution in [0.4, 0.5) is 5.82 Å². The molecule has 32 heavy (non-hydrogen) atoms. The lowest BCUT2D eigenvalue weighted by molar-refractivity contribution is -0.118. The van der Waals surface area contributed by atoms with E-state index in [2.05, 4.69) is 44.3 Å². The zero-order valence-corrected chi connectivity index (χ0v) is 19.6. The number of hydrogen-bond acceptors (Lipinski definition) is 5. The van der Waals surface area contributed by atoms with E-state index in [-0.39, 0.29) is 11.3 Å². The zero-order chi connectivity index (χ0) is 22.0. The lowest BCUT2D eigenvalue weighted by Gasteiger charge is -2.41. The maximum absolute atomic E-state index is 13.5. The van der Waals surface area contributed by atoms with Crippen LogP contribution in [0, 0.1) is 18.3 Å². The second-order valence-corrected chi connectivity index (χ2v) is 11.2. The summed E-state index contributed by atoms with van der Waals surface area (Å²) in [4.78, 5) is 18.3. The van der Waals surface area contributed by atoms with Crippen LogP contribution in [0.25, 0.3) is 15.3 Å². The molecule has 0 saturated heterocycles. The molecule has 0 spiro atoms. The quantitative estimate of drug-likeness (QED) is 0.471. The van der Waals surface area contributed by atoms with Gasteiger partial charge < -0.3 is 5.32 Å². The Morgan fingerprint density at radius 2 is 2.03 bits per heavy atom. The molecule has 0 unspecified atom stereocenters. The molecule has 2 aromatic heterocycles. The number of carbonyl (C=O) groups excluding carboxylic acids is 1. The molecule has 2 atom stereocenters. The third-order valence-corrected chi connectivity index (χ3v) is 8.17. The van der Waals surface area contributed by atoms with Crippen molar-refractivity contribution < 1.29 is 4.79 Å². The van der Waals surface area contributed by atoms with E-state index in [1.54, 1.807) is 11.3 Å². The Balaban J connectivity index is 1.54. The standard InChI is InChI=1S/C26H28N4OS/c1-15-21-22(16-9-5-4-6-10-16)23-18(13-26(2,3)14-19(23)31)27-24(21)30(29-15)25-28-17-11-7-8-12-20(17)32-25/h4-5,7-8,11-12,16,22,27H,6,9-10,13-14H2,1-3H3/t16-,22+/m1/s1. The van der Waals surface area contributed by atoms with Crippen LogP contribution in [0.5, 0.6) is 0 Å². The number of anilines is 1. The van der Waals surface area contributed by atoms with E-state index >= 15 is 0 Å². The van der Waals surface area contributed by atoms with Gasteiger partial charge in [0.2, 0.25) is 5.13 Å². The summed E-state index contributed by atoms with van der Waals surface area (Å²) in [5.41, 5.74) is 5.26. The Labute approximate surface area is 192 Å². The second-order valence-electron chi connectivity index (χ2n) is 10.2. The molecule has 1 aliphatic heterocycles. The smallest absolute Gasteiger partial charge is 0.213 e. The summed E-state index contributed by atoms with van der Waals surface area (Å²) in [6, 6.07) is 8.22. The lowest BCUT2D eigenvalue weighted by Crippen LogP contribution is -2.36. The van der Waals surface area contributed by atoms with E-state index in [0.717, 1.165) is 63.8 Å². The first-order valence-corrected chi connectivity index (χ1v) is 12.4. The molecule has 1 aromatic carbocycles. The van der Waals surface area contributed by atoms with Crippen molar-refractivity contribution in [3.8, 4) is 5.13 Å². The molecule has 3 heterocycles. The molecule has 0 bridgehead atoms. The molecular weight excluding hydrogens is 416 g/mol. The van der Waals surface area contributed by atoms with E-state index in [0.29, 0.717) is 18.1 Å². The van der Waals surface area contributed by atoms with Gasteiger partial charge in [-0.3, -0.25) is 4.79 Å². The number of Topliss-reactive ketones (excluding diaryl/α,β-unsaturated/α-hetero) is 1. The normalized spacial score (nSPS) is 24.4. The number of carbonyl (C=O) groups is 1. The SMILES string of the molecule is Cc1nn(-c2nc3ccccc3s2)c2c1[C@H]([C@@H]1CC=CCC1)C1=C(CC(C)(C)CC1=O)N2. The Kier molecular flexibility index (Phi) is 4.44. The molecule has 0 amide bonds. The fraction of sp³-hybridized carbons (Fsp3) is 0.423. The summed E-state index contributed by atoms with van der Waals surface area (Å²) in [5, 5.41) is 9.53. The van der Waals surface area contributed by atoms with Gasteiger partial charge in [-0.15, -0.1) is 0 Å². The van der Waals surface area contributed by atoms with Crippen molar-refractivity contribution >= 4 is 33.2 Å². The average Bonchev–Trinajstić information content (AvgIpc) is 3.33. The number of fused-ring (bicyclic) bond motifs is 2. The minimum Gasteiger partial charge on any atom is -0.343 e. The minimum atomic E-state index is -0.0345.